The number of anilines is 1. The van der Waals surface area contributed by atoms with Gasteiger partial charge >= 0.3 is 5.97 Å². The molecule has 1 N–H and O–H groups in total. The van der Waals surface area contributed by atoms with Crippen molar-refractivity contribution in [2.45, 2.75) is 32.7 Å². The van der Waals surface area contributed by atoms with Gasteiger partial charge in [-0.25, -0.2) is 9.97 Å². The van der Waals surface area contributed by atoms with E-state index in [0.717, 1.165) is 16.1 Å². The molecule has 0 aliphatic carbocycles. The second kappa shape index (κ2) is 10.2. The van der Waals surface area contributed by atoms with Gasteiger partial charge in [0.2, 0.25) is 5.95 Å². The molecule has 0 fully saturated rings. The van der Waals surface area contributed by atoms with Crippen molar-refractivity contribution in [3.63, 3.8) is 0 Å². The predicted octanol–water partition coefficient (Wildman–Crippen LogP) is 5.23. The van der Waals surface area contributed by atoms with Gasteiger partial charge in [-0.2, -0.15) is 0 Å². The van der Waals surface area contributed by atoms with E-state index in [0.29, 0.717) is 25.0 Å². The van der Waals surface area contributed by atoms with E-state index in [9.17, 15) is 4.79 Å². The van der Waals surface area contributed by atoms with Crippen LogP contribution < -0.4 is 4.90 Å². The molecule has 0 unspecified atom stereocenters. The van der Waals surface area contributed by atoms with E-state index >= 15 is 0 Å². The van der Waals surface area contributed by atoms with Crippen LogP contribution in [0, 0.1) is 0 Å². The van der Waals surface area contributed by atoms with Crippen LogP contribution >= 0.6 is 23.7 Å². The number of carboxylic acids is 1. The van der Waals surface area contributed by atoms with E-state index in [4.69, 9.17) is 10.1 Å². The summed E-state index contributed by atoms with van der Waals surface area (Å²) in [7, 11) is 0. The maximum absolute atomic E-state index is 11.0. The summed E-state index contributed by atoms with van der Waals surface area (Å²) in [4.78, 5) is 23.2. The van der Waals surface area contributed by atoms with Gasteiger partial charge in [-0.3, -0.25) is 4.79 Å². The molecule has 0 aliphatic rings. The quantitative estimate of drug-likeness (QED) is 0.543. The SMILES string of the molecule is CC(C)c1ccc(-c2ccnc(N(CCC(=O)O)Cc3cccs3)n2)cc1.Cl. The van der Waals surface area contributed by atoms with Crippen molar-refractivity contribution in [2.75, 3.05) is 11.4 Å². The van der Waals surface area contributed by atoms with Crippen molar-refractivity contribution >= 4 is 35.7 Å². The number of thiophene rings is 1. The summed E-state index contributed by atoms with van der Waals surface area (Å²) in [6, 6.07) is 14.3. The summed E-state index contributed by atoms with van der Waals surface area (Å²) < 4.78 is 0. The first-order chi connectivity index (χ1) is 13.0. The summed E-state index contributed by atoms with van der Waals surface area (Å²) >= 11 is 1.64. The van der Waals surface area contributed by atoms with Crippen LogP contribution in [0.2, 0.25) is 0 Å². The highest BCUT2D eigenvalue weighted by molar-refractivity contribution is 7.09. The Morgan fingerprint density at radius 1 is 1.18 bits per heavy atom. The molecule has 3 aromatic rings. The van der Waals surface area contributed by atoms with Crippen LogP contribution in [0.15, 0.2) is 54.0 Å². The molecule has 5 nitrogen and oxygen atoms in total. The van der Waals surface area contributed by atoms with Gasteiger partial charge in [0.05, 0.1) is 18.7 Å². The standard InChI is InChI=1S/C21H23N3O2S.ClH/c1-15(2)16-5-7-17(8-6-16)19-9-11-22-21(23-19)24(12-10-20(25)26)14-18-4-3-13-27-18;/h3-9,11,13,15H,10,12,14H2,1-2H3,(H,25,26);1H. The number of carbonyl (C=O) groups is 1. The molecule has 0 spiro atoms. The van der Waals surface area contributed by atoms with Crippen LogP contribution in [0.1, 0.15) is 36.6 Å². The van der Waals surface area contributed by atoms with Crippen molar-refractivity contribution in [3.05, 3.63) is 64.5 Å². The molecule has 148 valence electrons. The lowest BCUT2D eigenvalue weighted by Crippen LogP contribution is -2.27. The molecule has 2 aromatic heterocycles. The summed E-state index contributed by atoms with van der Waals surface area (Å²) in [5.41, 5.74) is 3.15. The van der Waals surface area contributed by atoms with Gasteiger partial charge in [0.15, 0.2) is 0 Å². The van der Waals surface area contributed by atoms with E-state index in [-0.39, 0.29) is 18.8 Å². The highest BCUT2D eigenvalue weighted by atomic mass is 35.5. The van der Waals surface area contributed by atoms with Crippen molar-refractivity contribution in [1.82, 2.24) is 9.97 Å². The Labute approximate surface area is 175 Å². The second-order valence-corrected chi connectivity index (χ2v) is 7.70. The molecule has 7 heteroatoms. The first-order valence-electron chi connectivity index (χ1n) is 8.95. The lowest BCUT2D eigenvalue weighted by molar-refractivity contribution is -0.136. The van der Waals surface area contributed by atoms with Crippen molar-refractivity contribution < 1.29 is 9.90 Å². The second-order valence-electron chi connectivity index (χ2n) is 6.66. The third-order valence-electron chi connectivity index (χ3n) is 4.32. The zero-order chi connectivity index (χ0) is 19.2. The van der Waals surface area contributed by atoms with E-state index in [1.165, 1.54) is 5.56 Å². The lowest BCUT2D eigenvalue weighted by Gasteiger charge is -2.21. The minimum Gasteiger partial charge on any atom is -0.481 e. The van der Waals surface area contributed by atoms with Gasteiger partial charge in [-0.05, 0) is 29.0 Å². The molecule has 1 aromatic carbocycles. The van der Waals surface area contributed by atoms with Gasteiger partial charge in [0, 0.05) is 23.2 Å². The Kier molecular flexibility index (Phi) is 7.96. The summed E-state index contributed by atoms with van der Waals surface area (Å²) in [5.74, 6) is 0.207. The fourth-order valence-corrected chi connectivity index (χ4v) is 3.49. The van der Waals surface area contributed by atoms with Crippen LogP contribution in [0.25, 0.3) is 11.3 Å². The number of halogens is 1. The van der Waals surface area contributed by atoms with Crippen molar-refractivity contribution in [1.29, 1.82) is 0 Å². The molecular weight excluding hydrogens is 394 g/mol. The van der Waals surface area contributed by atoms with Crippen LogP contribution in [0.4, 0.5) is 5.95 Å². The summed E-state index contributed by atoms with van der Waals surface area (Å²) in [6.07, 6.45) is 1.78. The minimum atomic E-state index is -0.827. The molecule has 0 saturated heterocycles. The largest absolute Gasteiger partial charge is 0.481 e. The maximum atomic E-state index is 11.0. The Morgan fingerprint density at radius 3 is 2.54 bits per heavy atom. The average molecular weight is 418 g/mol. The molecule has 3 rings (SSSR count). The molecule has 0 atom stereocenters. The Balaban J connectivity index is 0.00000280. The number of rotatable bonds is 8. The number of hydrogen-bond donors (Lipinski definition) is 1. The monoisotopic (exact) mass is 417 g/mol. The maximum Gasteiger partial charge on any atom is 0.305 e. The molecular formula is C21H24ClN3O2S. The predicted molar refractivity (Wildman–Crippen MR) is 116 cm³/mol. The first-order valence-corrected chi connectivity index (χ1v) is 9.83. The van der Waals surface area contributed by atoms with Crippen molar-refractivity contribution in [3.8, 4) is 11.3 Å². The number of aliphatic carboxylic acids is 1. The Bertz CT molecular complexity index is 883. The minimum absolute atomic E-state index is 0. The normalized spacial score (nSPS) is 10.5. The number of aromatic nitrogens is 2. The van der Waals surface area contributed by atoms with Crippen LogP contribution in [0.5, 0.6) is 0 Å². The third kappa shape index (κ3) is 5.78. The topological polar surface area (TPSA) is 66.3 Å². The van der Waals surface area contributed by atoms with E-state index in [1.54, 1.807) is 17.5 Å². The lowest BCUT2D eigenvalue weighted by atomic mass is 10.0. The van der Waals surface area contributed by atoms with Gasteiger partial charge in [-0.1, -0.05) is 44.2 Å². The third-order valence-corrected chi connectivity index (χ3v) is 5.18. The molecule has 0 radical (unpaired) electrons. The Morgan fingerprint density at radius 2 is 1.93 bits per heavy atom. The number of carboxylic acid groups (broad SMARTS) is 1. The molecule has 0 amide bonds. The van der Waals surface area contributed by atoms with Crippen molar-refractivity contribution in [2.24, 2.45) is 0 Å². The Hall–Kier alpha value is -2.44. The van der Waals surface area contributed by atoms with E-state index in [1.807, 2.05) is 28.5 Å². The molecule has 2 heterocycles. The fourth-order valence-electron chi connectivity index (χ4n) is 2.77. The number of hydrogen-bond acceptors (Lipinski definition) is 5. The smallest absolute Gasteiger partial charge is 0.305 e. The molecule has 0 aliphatic heterocycles. The summed E-state index contributed by atoms with van der Waals surface area (Å²) in [5, 5.41) is 11.1. The first kappa shape index (κ1) is 21.9. The molecule has 0 bridgehead atoms. The fraction of sp³-hybridized carbons (Fsp3) is 0.286. The van der Waals surface area contributed by atoms with Crippen LogP contribution in [-0.4, -0.2) is 27.6 Å². The van der Waals surface area contributed by atoms with Gasteiger partial charge < -0.3 is 10.0 Å². The number of benzene rings is 1. The average Bonchev–Trinajstić information content (AvgIpc) is 3.18. The molecule has 28 heavy (non-hydrogen) atoms. The highest BCUT2D eigenvalue weighted by Crippen LogP contribution is 2.23. The molecule has 0 saturated carbocycles. The van der Waals surface area contributed by atoms with Crippen LogP contribution in [0.3, 0.4) is 0 Å². The highest BCUT2D eigenvalue weighted by Gasteiger charge is 2.14. The zero-order valence-corrected chi connectivity index (χ0v) is 17.5. The van der Waals surface area contributed by atoms with Gasteiger partial charge in [0.1, 0.15) is 0 Å². The van der Waals surface area contributed by atoms with Gasteiger partial charge in [0.25, 0.3) is 0 Å². The van der Waals surface area contributed by atoms with E-state index < -0.39 is 5.97 Å². The number of nitrogens with zero attached hydrogens (tertiary/aromatic N) is 3. The van der Waals surface area contributed by atoms with Crippen LogP contribution in [-0.2, 0) is 11.3 Å². The van der Waals surface area contributed by atoms with Gasteiger partial charge in [-0.15, -0.1) is 23.7 Å². The van der Waals surface area contributed by atoms with E-state index in [2.05, 4.69) is 43.1 Å². The summed E-state index contributed by atoms with van der Waals surface area (Å²) in [6.45, 7) is 5.30. The zero-order valence-electron chi connectivity index (χ0n) is 15.9.